The summed E-state index contributed by atoms with van der Waals surface area (Å²) in [4.78, 5) is 0. The third kappa shape index (κ3) is 6.46. The van der Waals surface area contributed by atoms with Crippen LogP contribution in [0.4, 0.5) is 0 Å². The molecule has 0 nitrogen and oxygen atoms in total. The Hall–Kier alpha value is 0.460. The van der Waals surface area contributed by atoms with Crippen molar-refractivity contribution >= 4 is 19.2 Å². The summed E-state index contributed by atoms with van der Waals surface area (Å²) in [5.41, 5.74) is 0. The van der Waals surface area contributed by atoms with Gasteiger partial charge in [0.25, 0.3) is 0 Å². The lowest BCUT2D eigenvalue weighted by Gasteiger charge is -1.78. The highest BCUT2D eigenvalue weighted by atomic mass is 35.7. The van der Waals surface area contributed by atoms with Gasteiger partial charge in [0.2, 0.25) is 0 Å². The van der Waals surface area contributed by atoms with Gasteiger partial charge in [-0.25, -0.2) is 0 Å². The van der Waals surface area contributed by atoms with E-state index in [2.05, 4.69) is 19.1 Å². The SMILES string of the molecule is CCC=CCPCl. The number of rotatable bonds is 3. The van der Waals surface area contributed by atoms with Crippen molar-refractivity contribution < 1.29 is 0 Å². The van der Waals surface area contributed by atoms with Gasteiger partial charge in [-0.1, -0.05) is 30.3 Å². The Kier molecular flexibility index (Phi) is 6.88. The highest BCUT2D eigenvalue weighted by molar-refractivity contribution is 7.68. The topological polar surface area (TPSA) is 0 Å². The molecule has 0 aromatic carbocycles. The zero-order valence-electron chi connectivity index (χ0n) is 4.45. The van der Waals surface area contributed by atoms with Crippen LogP contribution in [0.2, 0.25) is 0 Å². The van der Waals surface area contributed by atoms with Crippen LogP contribution in [0, 0.1) is 0 Å². The van der Waals surface area contributed by atoms with Gasteiger partial charge in [0.05, 0.1) is 0 Å². The minimum absolute atomic E-state index is 0.553. The highest BCUT2D eigenvalue weighted by Gasteiger charge is 1.69. The van der Waals surface area contributed by atoms with E-state index in [1.54, 1.807) is 0 Å². The van der Waals surface area contributed by atoms with Crippen molar-refractivity contribution in [3.05, 3.63) is 12.2 Å². The fourth-order valence-corrected chi connectivity index (χ4v) is 0.818. The molecule has 0 aromatic heterocycles. The number of hydrogen-bond acceptors (Lipinski definition) is 0. The maximum atomic E-state index is 5.41. The molecule has 0 rings (SSSR count). The molecular weight excluding hydrogens is 126 g/mol. The molecule has 0 fully saturated rings. The van der Waals surface area contributed by atoms with Crippen LogP contribution in [-0.4, -0.2) is 6.16 Å². The van der Waals surface area contributed by atoms with E-state index < -0.39 is 0 Å². The van der Waals surface area contributed by atoms with Gasteiger partial charge in [-0.3, -0.25) is 0 Å². The quantitative estimate of drug-likeness (QED) is 0.414. The molecule has 42 valence electrons. The molecule has 2 heteroatoms. The van der Waals surface area contributed by atoms with E-state index >= 15 is 0 Å². The third-order valence-electron chi connectivity index (χ3n) is 0.597. The molecule has 0 N–H and O–H groups in total. The molecule has 7 heavy (non-hydrogen) atoms. The van der Waals surface area contributed by atoms with Crippen LogP contribution >= 0.6 is 19.2 Å². The Morgan fingerprint density at radius 1 is 1.57 bits per heavy atom. The third-order valence-corrected chi connectivity index (χ3v) is 1.45. The van der Waals surface area contributed by atoms with Gasteiger partial charge in [-0.15, -0.1) is 0 Å². The first kappa shape index (κ1) is 7.46. The fraction of sp³-hybridized carbons (Fsp3) is 0.600. The van der Waals surface area contributed by atoms with Crippen molar-refractivity contribution in [2.24, 2.45) is 0 Å². The normalized spacial score (nSPS) is 12.3. The van der Waals surface area contributed by atoms with Crippen LogP contribution in [-0.2, 0) is 0 Å². The van der Waals surface area contributed by atoms with E-state index in [4.69, 9.17) is 11.2 Å². The summed E-state index contributed by atoms with van der Waals surface area (Å²) in [7, 11) is 0.553. The molecule has 1 unspecified atom stereocenters. The van der Waals surface area contributed by atoms with E-state index in [0.29, 0.717) is 7.93 Å². The molecule has 0 aliphatic carbocycles. The Morgan fingerprint density at radius 2 is 2.29 bits per heavy atom. The first-order valence-electron chi connectivity index (χ1n) is 2.40. The van der Waals surface area contributed by atoms with Crippen LogP contribution in [0.5, 0.6) is 0 Å². The van der Waals surface area contributed by atoms with Crippen molar-refractivity contribution in [3.8, 4) is 0 Å². The van der Waals surface area contributed by atoms with Crippen LogP contribution in [0.1, 0.15) is 13.3 Å². The average Bonchev–Trinajstić information content (AvgIpc) is 1.69. The van der Waals surface area contributed by atoms with Gasteiger partial charge in [-0.2, -0.15) is 0 Å². The first-order valence-corrected chi connectivity index (χ1v) is 4.62. The summed E-state index contributed by atoms with van der Waals surface area (Å²) >= 11 is 5.41. The van der Waals surface area contributed by atoms with E-state index in [9.17, 15) is 0 Å². The number of allylic oxidation sites excluding steroid dienone is 2. The largest absolute Gasteiger partial charge is 0.0998 e. The smallest absolute Gasteiger partial charge is 0.00332 e. The second-order valence-electron chi connectivity index (χ2n) is 1.22. The Labute approximate surface area is 51.5 Å². The summed E-state index contributed by atoms with van der Waals surface area (Å²) in [6.45, 7) is 2.12. The van der Waals surface area contributed by atoms with Crippen molar-refractivity contribution in [1.29, 1.82) is 0 Å². The summed E-state index contributed by atoms with van der Waals surface area (Å²) in [6, 6.07) is 0. The number of halogens is 1. The van der Waals surface area contributed by atoms with Gasteiger partial charge in [-0.05, 0) is 20.5 Å². The van der Waals surface area contributed by atoms with E-state index in [1.165, 1.54) is 0 Å². The van der Waals surface area contributed by atoms with Crippen molar-refractivity contribution in [2.75, 3.05) is 6.16 Å². The van der Waals surface area contributed by atoms with Gasteiger partial charge < -0.3 is 0 Å². The van der Waals surface area contributed by atoms with E-state index in [-0.39, 0.29) is 0 Å². The van der Waals surface area contributed by atoms with Crippen LogP contribution in [0.3, 0.4) is 0 Å². The molecule has 0 spiro atoms. The van der Waals surface area contributed by atoms with Crippen molar-refractivity contribution in [2.45, 2.75) is 13.3 Å². The van der Waals surface area contributed by atoms with Crippen LogP contribution in [0.15, 0.2) is 12.2 Å². The molecule has 0 saturated carbocycles. The molecule has 0 radical (unpaired) electrons. The Morgan fingerprint density at radius 3 is 2.71 bits per heavy atom. The van der Waals surface area contributed by atoms with E-state index in [0.717, 1.165) is 12.6 Å². The molecule has 0 saturated heterocycles. The molecule has 0 aromatic rings. The second kappa shape index (κ2) is 6.46. The lowest BCUT2D eigenvalue weighted by Crippen LogP contribution is -1.58. The molecule has 0 heterocycles. The Balaban J connectivity index is 2.78. The molecule has 0 bridgehead atoms. The lowest BCUT2D eigenvalue weighted by molar-refractivity contribution is 1.22. The lowest BCUT2D eigenvalue weighted by atomic mass is 10.4. The van der Waals surface area contributed by atoms with E-state index in [1.807, 2.05) is 0 Å². The maximum absolute atomic E-state index is 5.41. The van der Waals surface area contributed by atoms with Crippen molar-refractivity contribution in [1.82, 2.24) is 0 Å². The predicted molar refractivity (Wildman–Crippen MR) is 38.5 cm³/mol. The summed E-state index contributed by atoms with van der Waals surface area (Å²) in [5.74, 6) is 0. The molecular formula is C5H10ClP. The zero-order chi connectivity index (χ0) is 5.54. The Bertz CT molecular complexity index is 52.0. The van der Waals surface area contributed by atoms with Gasteiger partial charge >= 0.3 is 0 Å². The summed E-state index contributed by atoms with van der Waals surface area (Å²) in [5, 5.41) is 0. The highest BCUT2D eigenvalue weighted by Crippen LogP contribution is 2.14. The van der Waals surface area contributed by atoms with Crippen LogP contribution < -0.4 is 0 Å². The molecule has 1 atom stereocenters. The molecule has 0 aliphatic rings. The first-order chi connectivity index (χ1) is 3.41. The minimum Gasteiger partial charge on any atom is -0.0998 e. The van der Waals surface area contributed by atoms with Gasteiger partial charge in [0.15, 0.2) is 0 Å². The molecule has 0 aliphatic heterocycles. The average molecular weight is 137 g/mol. The number of hydrogen-bond donors (Lipinski definition) is 0. The molecule has 0 amide bonds. The monoisotopic (exact) mass is 136 g/mol. The van der Waals surface area contributed by atoms with Crippen LogP contribution in [0.25, 0.3) is 0 Å². The maximum Gasteiger partial charge on any atom is -0.00332 e. The zero-order valence-corrected chi connectivity index (χ0v) is 6.20. The minimum atomic E-state index is 0.553. The van der Waals surface area contributed by atoms with Gasteiger partial charge in [0, 0.05) is 0 Å². The summed E-state index contributed by atoms with van der Waals surface area (Å²) in [6.07, 6.45) is 6.41. The van der Waals surface area contributed by atoms with Crippen molar-refractivity contribution in [3.63, 3.8) is 0 Å². The predicted octanol–water partition coefficient (Wildman–Crippen LogP) is 2.78. The summed E-state index contributed by atoms with van der Waals surface area (Å²) < 4.78 is 0. The van der Waals surface area contributed by atoms with Gasteiger partial charge in [0.1, 0.15) is 0 Å². The standard InChI is InChI=1S/C5H10ClP/c1-2-3-4-5-7-6/h3-4,7H,2,5H2,1H3. The fourth-order valence-electron chi connectivity index (χ4n) is 0.295. The second-order valence-corrected chi connectivity index (χ2v) is 2.69.